The van der Waals surface area contributed by atoms with Crippen molar-refractivity contribution < 1.29 is 13.9 Å². The minimum Gasteiger partial charge on any atom is -0.497 e. The first kappa shape index (κ1) is 21.1. The average molecular weight is 421 g/mol. The fraction of sp³-hybridized carbons (Fsp3) is 0.360. The Bertz CT molecular complexity index is 1140. The van der Waals surface area contributed by atoms with Gasteiger partial charge in [-0.1, -0.05) is 44.2 Å². The van der Waals surface area contributed by atoms with Crippen LogP contribution in [-0.2, 0) is 0 Å². The van der Waals surface area contributed by atoms with Crippen molar-refractivity contribution in [1.82, 2.24) is 9.80 Å². The van der Waals surface area contributed by atoms with Crippen LogP contribution in [0.4, 0.5) is 0 Å². The van der Waals surface area contributed by atoms with Gasteiger partial charge in [-0.25, -0.2) is 0 Å². The molecule has 1 aromatic heterocycles. The fourth-order valence-electron chi connectivity index (χ4n) is 4.34. The van der Waals surface area contributed by atoms with Crippen molar-refractivity contribution in [3.63, 3.8) is 0 Å². The number of benzene rings is 2. The van der Waals surface area contributed by atoms with Gasteiger partial charge in [-0.3, -0.25) is 9.59 Å². The second-order valence-corrected chi connectivity index (χ2v) is 7.73. The molecule has 0 bridgehead atoms. The first-order chi connectivity index (χ1) is 15.1. The second kappa shape index (κ2) is 8.94. The van der Waals surface area contributed by atoms with Crippen LogP contribution in [-0.4, -0.2) is 49.0 Å². The van der Waals surface area contributed by atoms with Crippen LogP contribution in [0.2, 0.25) is 0 Å². The normalized spacial score (nSPS) is 15.7. The van der Waals surface area contributed by atoms with E-state index in [0.29, 0.717) is 28.8 Å². The van der Waals surface area contributed by atoms with Crippen molar-refractivity contribution in [2.75, 3.05) is 33.3 Å². The molecule has 0 N–H and O–H groups in total. The minimum absolute atomic E-state index is 0.141. The Balaban J connectivity index is 1.79. The molecule has 1 aliphatic rings. The topological polar surface area (TPSA) is 63.0 Å². The van der Waals surface area contributed by atoms with Crippen LogP contribution in [0.5, 0.6) is 5.75 Å². The molecule has 162 valence electrons. The number of amides is 1. The zero-order valence-electron chi connectivity index (χ0n) is 18.3. The zero-order valence-corrected chi connectivity index (χ0v) is 18.3. The van der Waals surface area contributed by atoms with Crippen molar-refractivity contribution >= 4 is 16.9 Å². The molecule has 1 aliphatic heterocycles. The van der Waals surface area contributed by atoms with E-state index >= 15 is 0 Å². The molecule has 31 heavy (non-hydrogen) atoms. The molecule has 1 amide bonds. The summed E-state index contributed by atoms with van der Waals surface area (Å²) in [7, 11) is 1.56. The number of hydrogen-bond acceptors (Lipinski definition) is 5. The third-order valence-corrected chi connectivity index (χ3v) is 6.06. The lowest BCUT2D eigenvalue weighted by Crippen LogP contribution is -2.33. The number of hydrogen-bond donors (Lipinski definition) is 0. The average Bonchev–Trinajstić information content (AvgIpc) is 3.09. The van der Waals surface area contributed by atoms with Gasteiger partial charge in [0.1, 0.15) is 11.3 Å². The molecule has 0 radical (unpaired) electrons. The quantitative estimate of drug-likeness (QED) is 0.550. The van der Waals surface area contributed by atoms with Gasteiger partial charge in [0, 0.05) is 12.6 Å². The summed E-state index contributed by atoms with van der Waals surface area (Å²) < 4.78 is 11.3. The van der Waals surface area contributed by atoms with Crippen molar-refractivity contribution in [1.29, 1.82) is 0 Å². The lowest BCUT2D eigenvalue weighted by molar-refractivity contribution is 0.0720. The van der Waals surface area contributed by atoms with Crippen LogP contribution in [0.1, 0.15) is 48.0 Å². The van der Waals surface area contributed by atoms with Crippen LogP contribution < -0.4 is 10.2 Å². The van der Waals surface area contributed by atoms with E-state index in [9.17, 15) is 9.59 Å². The smallest absolute Gasteiger partial charge is 0.290 e. The van der Waals surface area contributed by atoms with E-state index in [4.69, 9.17) is 9.15 Å². The number of rotatable bonds is 8. The maximum Gasteiger partial charge on any atom is 0.290 e. The molecule has 0 unspecified atom stereocenters. The second-order valence-electron chi connectivity index (χ2n) is 7.73. The van der Waals surface area contributed by atoms with Crippen LogP contribution in [0.15, 0.2) is 57.7 Å². The zero-order chi connectivity index (χ0) is 22.0. The standard InChI is InChI=1S/C25H28N2O4/c1-4-26(5-2)14-9-15-27-22(17-10-7-6-8-11-17)21-23(28)19-13-12-18(30-3)16-20(19)31-24(21)25(27)29/h6-8,10-13,16,22H,4-5,9,14-15H2,1-3H3/t22-/m1/s1. The van der Waals surface area contributed by atoms with Gasteiger partial charge in [0.25, 0.3) is 5.91 Å². The predicted molar refractivity (Wildman–Crippen MR) is 121 cm³/mol. The molecule has 2 heterocycles. The van der Waals surface area contributed by atoms with E-state index in [1.165, 1.54) is 0 Å². The maximum absolute atomic E-state index is 13.5. The van der Waals surface area contributed by atoms with Gasteiger partial charge in [-0.2, -0.15) is 0 Å². The van der Waals surface area contributed by atoms with E-state index in [-0.39, 0.29) is 17.1 Å². The summed E-state index contributed by atoms with van der Waals surface area (Å²) >= 11 is 0. The van der Waals surface area contributed by atoms with E-state index in [1.54, 1.807) is 30.2 Å². The number of carbonyl (C=O) groups is 1. The molecule has 3 aromatic rings. The Morgan fingerprint density at radius 1 is 1.06 bits per heavy atom. The minimum atomic E-state index is -0.442. The van der Waals surface area contributed by atoms with Gasteiger partial charge in [0.15, 0.2) is 5.43 Å². The molecule has 0 saturated heterocycles. The van der Waals surface area contributed by atoms with Crippen LogP contribution in [0.25, 0.3) is 11.0 Å². The molecular weight excluding hydrogens is 392 g/mol. The molecule has 2 aromatic carbocycles. The largest absolute Gasteiger partial charge is 0.497 e. The van der Waals surface area contributed by atoms with E-state index < -0.39 is 6.04 Å². The van der Waals surface area contributed by atoms with Gasteiger partial charge >= 0.3 is 0 Å². The SMILES string of the molecule is CCN(CC)CCCN1C(=O)c2oc3cc(OC)ccc3c(=O)c2[C@H]1c1ccccc1. The number of fused-ring (bicyclic) bond motifs is 2. The monoisotopic (exact) mass is 420 g/mol. The van der Waals surface area contributed by atoms with Gasteiger partial charge < -0.3 is 19.0 Å². The van der Waals surface area contributed by atoms with Gasteiger partial charge in [0.05, 0.1) is 24.1 Å². The third-order valence-electron chi connectivity index (χ3n) is 6.06. The van der Waals surface area contributed by atoms with Crippen molar-refractivity contribution in [3.8, 4) is 5.75 Å². The van der Waals surface area contributed by atoms with Gasteiger partial charge in [-0.15, -0.1) is 0 Å². The summed E-state index contributed by atoms with van der Waals surface area (Å²) in [5.74, 6) is 0.490. The first-order valence-electron chi connectivity index (χ1n) is 10.8. The van der Waals surface area contributed by atoms with Crippen LogP contribution in [0.3, 0.4) is 0 Å². The number of methoxy groups -OCH3 is 1. The molecule has 0 saturated carbocycles. The Morgan fingerprint density at radius 3 is 2.48 bits per heavy atom. The lowest BCUT2D eigenvalue weighted by Gasteiger charge is -2.26. The highest BCUT2D eigenvalue weighted by atomic mass is 16.5. The van der Waals surface area contributed by atoms with E-state index in [1.807, 2.05) is 30.3 Å². The molecule has 6 nitrogen and oxygen atoms in total. The summed E-state index contributed by atoms with van der Waals surface area (Å²) in [5, 5.41) is 0.457. The molecule has 4 rings (SSSR count). The summed E-state index contributed by atoms with van der Waals surface area (Å²) in [6.45, 7) is 7.67. The van der Waals surface area contributed by atoms with Gasteiger partial charge in [-0.05, 0) is 43.8 Å². The number of carbonyl (C=O) groups excluding carboxylic acids is 1. The van der Waals surface area contributed by atoms with Crippen LogP contribution >= 0.6 is 0 Å². The first-order valence-corrected chi connectivity index (χ1v) is 10.8. The summed E-state index contributed by atoms with van der Waals surface area (Å²) in [5.41, 5.74) is 1.55. The summed E-state index contributed by atoms with van der Waals surface area (Å²) in [6, 6.07) is 14.4. The third kappa shape index (κ3) is 3.83. The predicted octanol–water partition coefficient (Wildman–Crippen LogP) is 4.08. The van der Waals surface area contributed by atoms with Crippen molar-refractivity contribution in [2.24, 2.45) is 0 Å². The molecule has 0 spiro atoms. The maximum atomic E-state index is 13.5. The number of ether oxygens (including phenoxy) is 1. The van der Waals surface area contributed by atoms with Crippen molar-refractivity contribution in [2.45, 2.75) is 26.3 Å². The Labute approximate surface area is 182 Å². The molecule has 6 heteroatoms. The lowest BCUT2D eigenvalue weighted by atomic mass is 9.98. The highest BCUT2D eigenvalue weighted by Crippen LogP contribution is 2.38. The Morgan fingerprint density at radius 2 is 1.81 bits per heavy atom. The highest BCUT2D eigenvalue weighted by molar-refractivity contribution is 5.99. The van der Waals surface area contributed by atoms with E-state index in [2.05, 4.69) is 18.7 Å². The Kier molecular flexibility index (Phi) is 6.09. The Hall–Kier alpha value is -3.12. The summed E-state index contributed by atoms with van der Waals surface area (Å²) in [6.07, 6.45) is 0.826. The van der Waals surface area contributed by atoms with Gasteiger partial charge in [0.2, 0.25) is 5.76 Å². The van der Waals surface area contributed by atoms with Crippen LogP contribution in [0, 0.1) is 0 Å². The molecule has 0 fully saturated rings. The molecule has 1 atom stereocenters. The molecular formula is C25H28N2O4. The van der Waals surface area contributed by atoms with E-state index in [0.717, 1.165) is 31.6 Å². The molecule has 0 aliphatic carbocycles. The van der Waals surface area contributed by atoms with Crippen molar-refractivity contribution in [3.05, 3.63) is 75.6 Å². The fourth-order valence-corrected chi connectivity index (χ4v) is 4.34. The number of nitrogens with zero attached hydrogens (tertiary/aromatic N) is 2. The summed E-state index contributed by atoms with van der Waals surface area (Å²) in [4.78, 5) is 31.0. The highest BCUT2D eigenvalue weighted by Gasteiger charge is 2.42.